The van der Waals surface area contributed by atoms with Crippen molar-refractivity contribution >= 4 is 22.8 Å². The van der Waals surface area contributed by atoms with Gasteiger partial charge in [0.05, 0.1) is 19.6 Å². The summed E-state index contributed by atoms with van der Waals surface area (Å²) in [6, 6.07) is 24.7. The summed E-state index contributed by atoms with van der Waals surface area (Å²) in [7, 11) is 1.53. The molecule has 17 heteroatoms. The van der Waals surface area contributed by atoms with Gasteiger partial charge in [-0.3, -0.25) is 9.59 Å². The van der Waals surface area contributed by atoms with E-state index in [2.05, 4.69) is 10.3 Å². The number of benzene rings is 4. The third-order valence-corrected chi connectivity index (χ3v) is 11.8. The van der Waals surface area contributed by atoms with E-state index in [0.717, 1.165) is 27.6 Å². The number of hydrogen-bond acceptors (Lipinski definition) is 15. The highest BCUT2D eigenvalue weighted by Gasteiger charge is 2.61. The Labute approximate surface area is 354 Å². The molecule has 4 aliphatic rings. The quantitative estimate of drug-likeness (QED) is 0.0664. The van der Waals surface area contributed by atoms with Crippen LogP contribution in [0.3, 0.4) is 0 Å². The number of H-pyrrole nitrogens is 1. The molecule has 10 atom stereocenters. The van der Waals surface area contributed by atoms with E-state index in [0.29, 0.717) is 40.5 Å². The molecule has 1 saturated heterocycles. The van der Waals surface area contributed by atoms with Crippen LogP contribution < -0.4 is 34.7 Å². The molecule has 4 aromatic carbocycles. The van der Waals surface area contributed by atoms with Crippen molar-refractivity contribution in [2.24, 2.45) is 5.73 Å². The SMILES string of the molecule is COc1ccc2c(c1OCCO)OC1c3c(cc(OC4OC5(C=CNC(N)C5OC(=O)CC(=O)O)C(O)C(O)C4O)cc3-c3c[nH]c4ccccc34)OC(Cc3ccccc3)C21. The van der Waals surface area contributed by atoms with Crippen LogP contribution in [0.4, 0.5) is 0 Å². The van der Waals surface area contributed by atoms with Gasteiger partial charge in [-0.15, -0.1) is 0 Å². The summed E-state index contributed by atoms with van der Waals surface area (Å²) in [5, 5.41) is 56.7. The zero-order valence-corrected chi connectivity index (χ0v) is 33.2. The molecule has 62 heavy (non-hydrogen) atoms. The number of aromatic nitrogens is 1. The van der Waals surface area contributed by atoms with Crippen LogP contribution >= 0.6 is 0 Å². The highest BCUT2D eigenvalue weighted by Crippen LogP contribution is 2.60. The lowest BCUT2D eigenvalue weighted by Gasteiger charge is -2.52. The largest absolute Gasteiger partial charge is 0.493 e. The van der Waals surface area contributed by atoms with Crippen molar-refractivity contribution in [2.75, 3.05) is 20.3 Å². The highest BCUT2D eigenvalue weighted by molar-refractivity contribution is 5.97. The Kier molecular flexibility index (Phi) is 10.9. The molecule has 9 rings (SSSR count). The number of aromatic amines is 1. The Bertz CT molecular complexity index is 2510. The summed E-state index contributed by atoms with van der Waals surface area (Å²) in [6.45, 7) is -0.234. The molecule has 17 nitrogen and oxygen atoms in total. The third kappa shape index (κ3) is 7.11. The molecule has 0 radical (unpaired) electrons. The van der Waals surface area contributed by atoms with Crippen molar-refractivity contribution < 1.29 is 68.3 Å². The minimum atomic E-state index is -2.11. The van der Waals surface area contributed by atoms with Gasteiger partial charge in [0.2, 0.25) is 12.0 Å². The van der Waals surface area contributed by atoms with E-state index >= 15 is 0 Å². The van der Waals surface area contributed by atoms with Crippen LogP contribution in [-0.4, -0.2) is 111 Å². The van der Waals surface area contributed by atoms with Crippen LogP contribution in [0.15, 0.2) is 97.3 Å². The number of carbonyl (C=O) groups is 2. The first-order valence-corrected chi connectivity index (χ1v) is 20.1. The van der Waals surface area contributed by atoms with Crippen molar-refractivity contribution in [3.05, 3.63) is 114 Å². The number of nitrogens with two attached hydrogens (primary N) is 1. The molecule has 0 saturated carbocycles. The predicted molar refractivity (Wildman–Crippen MR) is 219 cm³/mol. The van der Waals surface area contributed by atoms with E-state index in [-0.39, 0.29) is 24.9 Å². The first-order valence-electron chi connectivity index (χ1n) is 20.1. The van der Waals surface area contributed by atoms with Gasteiger partial charge in [-0.25, -0.2) is 0 Å². The summed E-state index contributed by atoms with van der Waals surface area (Å²) in [5.74, 6) is -1.27. The fourth-order valence-corrected chi connectivity index (χ4v) is 9.00. The smallest absolute Gasteiger partial charge is 0.317 e. The van der Waals surface area contributed by atoms with Gasteiger partial charge in [-0.2, -0.15) is 0 Å². The number of aliphatic hydroxyl groups excluding tert-OH is 4. The van der Waals surface area contributed by atoms with Crippen LogP contribution in [0.1, 0.15) is 35.1 Å². The summed E-state index contributed by atoms with van der Waals surface area (Å²) in [5.41, 5.74) is 8.90. The molecule has 9 N–H and O–H groups in total. The van der Waals surface area contributed by atoms with E-state index in [4.69, 9.17) is 38.9 Å². The monoisotopic (exact) mass is 851 g/mol. The number of rotatable bonds is 12. The Hall–Kier alpha value is -6.34. The Morgan fingerprint density at radius 1 is 0.952 bits per heavy atom. The topological polar surface area (TPSA) is 254 Å². The first kappa shape index (κ1) is 41.0. The number of fused-ring (bicyclic) bond motifs is 6. The standard InChI is InChI=1S/C45H45N3O14/c1-56-29-12-11-25-34-30(17-22-7-3-2-4-8-22)59-31-19-23(58-44-37(54)36(53)41(55)45(62-44)13-14-47-43(46)42(45)60-33(52)20-32(50)51)18-26(27-21-48-28-10-6-5-9-24(27)28)35(31)40(34)61-38(25)39(29)57-16-15-49/h2-14,18-19,21,30,34,36-37,40-44,47-49,53-55H,15-17,20,46H2,1H3,(H,50,51). The molecular weight excluding hydrogens is 807 g/mol. The number of carboxylic acid groups (broad SMARTS) is 1. The lowest BCUT2D eigenvalue weighted by Crippen LogP contribution is -2.74. The average molecular weight is 852 g/mol. The molecule has 5 aromatic rings. The lowest BCUT2D eigenvalue weighted by molar-refractivity contribution is -0.321. The Balaban J connectivity index is 1.17. The molecule has 0 bridgehead atoms. The van der Waals surface area contributed by atoms with Crippen LogP contribution in [0.5, 0.6) is 28.7 Å². The molecule has 1 aromatic heterocycles. The number of methoxy groups -OCH3 is 1. The van der Waals surface area contributed by atoms with E-state index in [1.54, 1.807) is 18.2 Å². The molecule has 1 spiro atoms. The molecule has 10 unspecified atom stereocenters. The second-order valence-electron chi connectivity index (χ2n) is 15.5. The fraction of sp³-hybridized carbons (Fsp3) is 0.333. The lowest BCUT2D eigenvalue weighted by atomic mass is 9.79. The first-order chi connectivity index (χ1) is 30.0. The molecule has 0 aliphatic carbocycles. The maximum atomic E-state index is 12.6. The number of esters is 1. The van der Waals surface area contributed by atoms with Gasteiger partial charge in [0.25, 0.3) is 0 Å². The summed E-state index contributed by atoms with van der Waals surface area (Å²) < 4.78 is 43.9. The van der Waals surface area contributed by atoms with Gasteiger partial charge in [-0.05, 0) is 41.6 Å². The average Bonchev–Trinajstić information content (AvgIpc) is 3.88. The molecule has 5 heterocycles. The van der Waals surface area contributed by atoms with Gasteiger partial charge in [-0.1, -0.05) is 54.6 Å². The van der Waals surface area contributed by atoms with Crippen molar-refractivity contribution in [1.82, 2.24) is 10.3 Å². The minimum Gasteiger partial charge on any atom is -0.493 e. The number of hydrogen-bond donors (Lipinski definition) is 8. The van der Waals surface area contributed by atoms with Crippen molar-refractivity contribution in [2.45, 2.75) is 73.4 Å². The van der Waals surface area contributed by atoms with Gasteiger partial charge in [0.15, 0.2) is 23.2 Å². The van der Waals surface area contributed by atoms with Crippen molar-refractivity contribution in [3.8, 4) is 39.9 Å². The van der Waals surface area contributed by atoms with Crippen molar-refractivity contribution in [1.29, 1.82) is 0 Å². The zero-order chi connectivity index (χ0) is 43.3. The third-order valence-electron chi connectivity index (χ3n) is 11.8. The summed E-state index contributed by atoms with van der Waals surface area (Å²) in [6.07, 6.45) is -7.48. The van der Waals surface area contributed by atoms with Crippen LogP contribution in [0.2, 0.25) is 0 Å². The number of carbonyl (C=O) groups excluding carboxylic acids is 1. The summed E-state index contributed by atoms with van der Waals surface area (Å²) >= 11 is 0. The van der Waals surface area contributed by atoms with E-state index in [1.165, 1.54) is 19.4 Å². The maximum absolute atomic E-state index is 12.6. The molecule has 0 amide bonds. The van der Waals surface area contributed by atoms with Crippen molar-refractivity contribution in [3.63, 3.8) is 0 Å². The van der Waals surface area contributed by atoms with E-state index in [1.807, 2.05) is 66.9 Å². The number of para-hydroxylation sites is 1. The Morgan fingerprint density at radius 3 is 2.52 bits per heavy atom. The Morgan fingerprint density at radius 2 is 1.74 bits per heavy atom. The van der Waals surface area contributed by atoms with Crippen LogP contribution in [0, 0.1) is 0 Å². The number of carboxylic acids is 1. The van der Waals surface area contributed by atoms with Gasteiger partial charge >= 0.3 is 11.9 Å². The van der Waals surface area contributed by atoms with E-state index in [9.17, 15) is 35.1 Å². The molecule has 324 valence electrons. The van der Waals surface area contributed by atoms with Gasteiger partial charge < -0.3 is 74.7 Å². The number of ether oxygens (including phenoxy) is 7. The second-order valence-corrected chi connectivity index (χ2v) is 15.5. The normalized spacial score (nSPS) is 28.1. The second kappa shape index (κ2) is 16.5. The molecular formula is C45H45N3O14. The molecule has 1 fully saturated rings. The van der Waals surface area contributed by atoms with Gasteiger partial charge in [0.1, 0.15) is 61.2 Å². The molecule has 4 aliphatic heterocycles. The van der Waals surface area contributed by atoms with Crippen LogP contribution in [0.25, 0.3) is 22.0 Å². The zero-order valence-electron chi connectivity index (χ0n) is 33.2. The fourth-order valence-electron chi connectivity index (χ4n) is 9.00. The van der Waals surface area contributed by atoms with Gasteiger partial charge in [0, 0.05) is 46.3 Å². The van der Waals surface area contributed by atoms with Crippen LogP contribution in [-0.2, 0) is 25.5 Å². The number of aliphatic carboxylic acids is 1. The van der Waals surface area contributed by atoms with E-state index < -0.39 is 73.0 Å². The number of nitrogens with one attached hydrogen (secondary N) is 2. The number of aliphatic hydroxyl groups is 4. The summed E-state index contributed by atoms with van der Waals surface area (Å²) in [4.78, 5) is 27.3. The maximum Gasteiger partial charge on any atom is 0.317 e. The predicted octanol–water partition coefficient (Wildman–Crippen LogP) is 2.78. The minimum absolute atomic E-state index is 0.000814. The highest BCUT2D eigenvalue weighted by atomic mass is 16.7.